The van der Waals surface area contributed by atoms with Crippen molar-refractivity contribution in [2.75, 3.05) is 36.7 Å². The van der Waals surface area contributed by atoms with Crippen molar-refractivity contribution in [2.45, 2.75) is 46.1 Å². The van der Waals surface area contributed by atoms with Crippen LogP contribution < -0.4 is 20.7 Å². The molecule has 0 bridgehead atoms. The third-order valence-electron chi connectivity index (χ3n) is 5.90. The number of ether oxygens (including phenoxy) is 1. The Balaban J connectivity index is 1.83. The Kier molecular flexibility index (Phi) is 5.17. The van der Waals surface area contributed by atoms with E-state index < -0.39 is 0 Å². The summed E-state index contributed by atoms with van der Waals surface area (Å²) >= 11 is 0. The fraction of sp³-hybridized carbons (Fsp3) is 0.500. The summed E-state index contributed by atoms with van der Waals surface area (Å²) in [6.07, 6.45) is 3.60. The molecular weight excluding hydrogens is 378 g/mol. The second kappa shape index (κ2) is 7.66. The molecule has 4 N–H and O–H groups in total. The highest BCUT2D eigenvalue weighted by Gasteiger charge is 2.33. The van der Waals surface area contributed by atoms with Crippen LogP contribution in [0.3, 0.4) is 0 Å². The van der Waals surface area contributed by atoms with Crippen molar-refractivity contribution in [3.05, 3.63) is 18.2 Å². The average molecular weight is 410 g/mol. The van der Waals surface area contributed by atoms with Crippen LogP contribution >= 0.6 is 0 Å². The lowest BCUT2D eigenvalue weighted by Crippen LogP contribution is -2.47. The summed E-state index contributed by atoms with van der Waals surface area (Å²) in [5.41, 5.74) is 8.74. The number of rotatable bonds is 4. The molecule has 1 aliphatic heterocycles. The van der Waals surface area contributed by atoms with Gasteiger partial charge in [0.05, 0.1) is 23.7 Å². The fourth-order valence-electron chi connectivity index (χ4n) is 4.40. The summed E-state index contributed by atoms with van der Waals surface area (Å²) in [6.45, 7) is 7.91. The summed E-state index contributed by atoms with van der Waals surface area (Å²) in [5.74, 6) is 2.65. The number of hydrogen-bond acceptors (Lipinski definition) is 7. The van der Waals surface area contributed by atoms with E-state index in [1.54, 1.807) is 7.11 Å². The fourth-order valence-corrected chi connectivity index (χ4v) is 4.40. The number of benzene rings is 1. The molecule has 1 aliphatic rings. The third-order valence-corrected chi connectivity index (χ3v) is 5.90. The molecule has 1 atom stereocenters. The maximum absolute atomic E-state index is 6.00. The first-order valence-corrected chi connectivity index (χ1v) is 10.5. The molecule has 1 aromatic carbocycles. The topological polar surface area (TPSA) is 105 Å². The van der Waals surface area contributed by atoms with Gasteiger partial charge < -0.3 is 20.7 Å². The van der Waals surface area contributed by atoms with Crippen molar-refractivity contribution < 1.29 is 4.74 Å². The zero-order chi connectivity index (χ0) is 21.5. The molecular formula is C22H31N7O. The molecule has 8 heteroatoms. The molecule has 3 aromatic rings. The van der Waals surface area contributed by atoms with E-state index in [9.17, 15) is 0 Å². The van der Waals surface area contributed by atoms with Crippen molar-refractivity contribution in [3.63, 3.8) is 0 Å². The number of anilines is 3. The van der Waals surface area contributed by atoms with E-state index in [4.69, 9.17) is 20.4 Å². The molecule has 1 saturated heterocycles. The largest absolute Gasteiger partial charge is 0.496 e. The Hall–Kier alpha value is -3.03. The van der Waals surface area contributed by atoms with Gasteiger partial charge in [0, 0.05) is 31.3 Å². The Labute approximate surface area is 177 Å². The molecule has 1 fully saturated rings. The highest BCUT2D eigenvalue weighted by Crippen LogP contribution is 2.38. The molecule has 1 unspecified atom stereocenters. The van der Waals surface area contributed by atoms with Crippen molar-refractivity contribution in [1.29, 1.82) is 0 Å². The van der Waals surface area contributed by atoms with Crippen LogP contribution in [0.1, 0.15) is 40.0 Å². The van der Waals surface area contributed by atoms with Gasteiger partial charge in [-0.3, -0.25) is 5.10 Å². The SMILES string of the molecule is CNc1nc(-c2cc(OC)c3c(N)n[nH]c3c2)cc(N2CCCCC2C(C)(C)C)n1. The number of fused-ring (bicyclic) bond motifs is 1. The molecule has 30 heavy (non-hydrogen) atoms. The molecule has 0 saturated carbocycles. The standard InChI is InChI=1S/C22H31N7O/c1-22(2,3)17-8-6-7-9-29(17)18-12-14(25-21(24-4)26-18)13-10-15-19(16(11-13)30-5)20(23)28-27-15/h10-12,17H,6-9H2,1-5H3,(H3,23,27,28)(H,24,25,26). The summed E-state index contributed by atoms with van der Waals surface area (Å²) in [5, 5.41) is 11.0. The van der Waals surface area contributed by atoms with Crippen molar-refractivity contribution in [1.82, 2.24) is 20.2 Å². The molecule has 0 radical (unpaired) electrons. The number of piperidine rings is 1. The van der Waals surface area contributed by atoms with E-state index in [-0.39, 0.29) is 5.41 Å². The number of H-pyrrole nitrogens is 1. The van der Waals surface area contributed by atoms with Gasteiger partial charge in [-0.05, 0) is 36.8 Å². The molecule has 0 amide bonds. The molecule has 0 spiro atoms. The summed E-state index contributed by atoms with van der Waals surface area (Å²) in [6, 6.07) is 6.47. The normalized spacial score (nSPS) is 17.4. The number of aromatic nitrogens is 4. The molecule has 4 rings (SSSR count). The minimum absolute atomic E-state index is 0.168. The second-order valence-corrected chi connectivity index (χ2v) is 8.97. The van der Waals surface area contributed by atoms with Crippen LogP contribution in [0.2, 0.25) is 0 Å². The lowest BCUT2D eigenvalue weighted by atomic mass is 9.80. The van der Waals surface area contributed by atoms with E-state index >= 15 is 0 Å². The van der Waals surface area contributed by atoms with Gasteiger partial charge in [0.15, 0.2) is 5.82 Å². The van der Waals surface area contributed by atoms with E-state index in [1.807, 2.05) is 19.2 Å². The summed E-state index contributed by atoms with van der Waals surface area (Å²) in [4.78, 5) is 12.0. The van der Waals surface area contributed by atoms with Crippen molar-refractivity contribution in [2.24, 2.45) is 5.41 Å². The van der Waals surface area contributed by atoms with Crippen LogP contribution in [0, 0.1) is 5.41 Å². The molecule has 8 nitrogen and oxygen atoms in total. The zero-order valence-electron chi connectivity index (χ0n) is 18.4. The van der Waals surface area contributed by atoms with Gasteiger partial charge in [-0.1, -0.05) is 20.8 Å². The van der Waals surface area contributed by atoms with E-state index in [2.05, 4.69) is 47.3 Å². The smallest absolute Gasteiger partial charge is 0.224 e. The lowest BCUT2D eigenvalue weighted by molar-refractivity contribution is 0.260. The van der Waals surface area contributed by atoms with Crippen molar-refractivity contribution >= 4 is 28.5 Å². The first kappa shape index (κ1) is 20.3. The minimum atomic E-state index is 0.168. The summed E-state index contributed by atoms with van der Waals surface area (Å²) < 4.78 is 5.58. The van der Waals surface area contributed by atoms with Crippen LogP contribution in [0.25, 0.3) is 22.2 Å². The van der Waals surface area contributed by atoms with E-state index in [0.717, 1.165) is 34.5 Å². The van der Waals surface area contributed by atoms with Crippen LogP contribution in [0.15, 0.2) is 18.2 Å². The van der Waals surface area contributed by atoms with Crippen molar-refractivity contribution in [3.8, 4) is 17.0 Å². The van der Waals surface area contributed by atoms with E-state index in [0.29, 0.717) is 23.6 Å². The van der Waals surface area contributed by atoms with Crippen LogP contribution in [0.5, 0.6) is 5.75 Å². The van der Waals surface area contributed by atoms with Gasteiger partial charge in [0.25, 0.3) is 0 Å². The maximum Gasteiger partial charge on any atom is 0.224 e. The predicted octanol–water partition coefficient (Wildman–Crippen LogP) is 4.06. The molecule has 160 valence electrons. The Morgan fingerprint density at radius 1 is 1.20 bits per heavy atom. The lowest BCUT2D eigenvalue weighted by Gasteiger charge is -2.44. The zero-order valence-corrected chi connectivity index (χ0v) is 18.4. The Morgan fingerprint density at radius 2 is 2.00 bits per heavy atom. The third kappa shape index (κ3) is 3.62. The predicted molar refractivity (Wildman–Crippen MR) is 122 cm³/mol. The average Bonchev–Trinajstić information content (AvgIpc) is 3.13. The molecule has 0 aliphatic carbocycles. The monoisotopic (exact) mass is 409 g/mol. The number of nitrogens with zero attached hydrogens (tertiary/aromatic N) is 4. The van der Waals surface area contributed by atoms with Crippen LogP contribution in [-0.4, -0.2) is 46.9 Å². The summed E-state index contributed by atoms with van der Waals surface area (Å²) in [7, 11) is 3.48. The van der Waals surface area contributed by atoms with Crippen LogP contribution in [0.4, 0.5) is 17.6 Å². The first-order valence-electron chi connectivity index (χ1n) is 10.5. The number of methoxy groups -OCH3 is 1. The van der Waals surface area contributed by atoms with Gasteiger partial charge in [-0.15, -0.1) is 0 Å². The van der Waals surface area contributed by atoms with Gasteiger partial charge in [0.2, 0.25) is 5.95 Å². The van der Waals surface area contributed by atoms with Crippen LogP contribution in [-0.2, 0) is 0 Å². The number of hydrogen-bond donors (Lipinski definition) is 3. The first-order chi connectivity index (χ1) is 14.3. The van der Waals surface area contributed by atoms with Gasteiger partial charge in [0.1, 0.15) is 11.6 Å². The Bertz CT molecular complexity index is 1050. The second-order valence-electron chi connectivity index (χ2n) is 8.97. The minimum Gasteiger partial charge on any atom is -0.496 e. The van der Waals surface area contributed by atoms with Gasteiger partial charge in [-0.25, -0.2) is 4.98 Å². The van der Waals surface area contributed by atoms with Gasteiger partial charge >= 0.3 is 0 Å². The number of nitrogens with two attached hydrogens (primary N) is 1. The highest BCUT2D eigenvalue weighted by atomic mass is 16.5. The van der Waals surface area contributed by atoms with Gasteiger partial charge in [-0.2, -0.15) is 10.1 Å². The quantitative estimate of drug-likeness (QED) is 0.597. The number of nitrogens with one attached hydrogen (secondary N) is 2. The maximum atomic E-state index is 6.00. The molecule has 3 heterocycles. The Morgan fingerprint density at radius 3 is 2.70 bits per heavy atom. The van der Waals surface area contributed by atoms with E-state index in [1.165, 1.54) is 19.3 Å². The number of nitrogen functional groups attached to an aromatic ring is 1. The number of aromatic amines is 1. The molecule has 2 aromatic heterocycles. The highest BCUT2D eigenvalue weighted by molar-refractivity contribution is 5.97.